The van der Waals surface area contributed by atoms with Crippen molar-refractivity contribution >= 4 is 46.3 Å². The van der Waals surface area contributed by atoms with E-state index in [2.05, 4.69) is 15.3 Å². The van der Waals surface area contributed by atoms with E-state index in [4.69, 9.17) is 23.2 Å². The van der Waals surface area contributed by atoms with Crippen LogP contribution in [0, 0.1) is 0 Å². The summed E-state index contributed by atoms with van der Waals surface area (Å²) in [6.07, 6.45) is -3.26. The molecule has 0 radical (unpaired) electrons. The summed E-state index contributed by atoms with van der Waals surface area (Å²) in [5, 5.41) is 12.5. The number of nitrogens with zero attached hydrogens (tertiary/aromatic N) is 4. The predicted molar refractivity (Wildman–Crippen MR) is 93.1 cm³/mol. The minimum absolute atomic E-state index is 0.0797. The molecule has 0 unspecified atom stereocenters. The van der Waals surface area contributed by atoms with Crippen LogP contribution in [0.5, 0.6) is 0 Å². The smallest absolute Gasteiger partial charge is 0.274 e. The van der Waals surface area contributed by atoms with E-state index in [1.54, 1.807) is 18.2 Å². The Morgan fingerprint density at radius 2 is 2.00 bits per heavy atom. The average molecular weight is 425 g/mol. The molecule has 0 saturated carbocycles. The fraction of sp³-hybridized carbons (Fsp3) is 0.214. The second-order valence-electron chi connectivity index (χ2n) is 4.96. The highest BCUT2D eigenvalue weighted by Crippen LogP contribution is 2.39. The van der Waals surface area contributed by atoms with E-state index in [0.29, 0.717) is 20.1 Å². The molecule has 132 valence electrons. The Bertz CT molecular complexity index is 908. The molecule has 0 aliphatic rings. The molecule has 0 atom stereocenters. The minimum atomic E-state index is -4.55. The highest BCUT2D eigenvalue weighted by Gasteiger charge is 2.38. The van der Waals surface area contributed by atoms with Gasteiger partial charge in [0.05, 0.1) is 5.56 Å². The predicted octanol–water partition coefficient (Wildman–Crippen LogP) is 5.56. The van der Waals surface area contributed by atoms with Crippen molar-refractivity contribution in [3.05, 3.63) is 45.7 Å². The highest BCUT2D eigenvalue weighted by atomic mass is 35.5. The van der Waals surface area contributed by atoms with Crippen molar-refractivity contribution in [3.63, 3.8) is 0 Å². The summed E-state index contributed by atoms with van der Waals surface area (Å²) < 4.78 is 40.8. The highest BCUT2D eigenvalue weighted by molar-refractivity contribution is 8.00. The van der Waals surface area contributed by atoms with Crippen molar-refractivity contribution < 1.29 is 13.2 Å². The van der Waals surface area contributed by atoms with Gasteiger partial charge in [-0.1, -0.05) is 52.4 Å². The zero-order valence-corrected chi connectivity index (χ0v) is 15.7. The summed E-state index contributed by atoms with van der Waals surface area (Å²) in [6.45, 7) is 0. The molecule has 0 saturated heterocycles. The van der Waals surface area contributed by atoms with Crippen LogP contribution in [0.3, 0.4) is 0 Å². The maximum Gasteiger partial charge on any atom is 0.435 e. The van der Waals surface area contributed by atoms with Gasteiger partial charge in [0.2, 0.25) is 0 Å². The molecule has 2 aromatic heterocycles. The molecular weight excluding hydrogens is 416 g/mol. The summed E-state index contributed by atoms with van der Waals surface area (Å²) in [6, 6.07) is 5.15. The first kappa shape index (κ1) is 18.5. The summed E-state index contributed by atoms with van der Waals surface area (Å²) in [7, 11) is 1.43. The number of hydrogen-bond donors (Lipinski definition) is 0. The van der Waals surface area contributed by atoms with E-state index in [-0.39, 0.29) is 10.6 Å². The van der Waals surface area contributed by atoms with Gasteiger partial charge in [-0.05, 0) is 17.7 Å². The maximum absolute atomic E-state index is 13.1. The number of rotatable bonds is 4. The third-order valence-corrected chi connectivity index (χ3v) is 5.83. The zero-order chi connectivity index (χ0) is 18.2. The molecule has 1 aromatic carbocycles. The first-order chi connectivity index (χ1) is 11.7. The van der Waals surface area contributed by atoms with Gasteiger partial charge in [-0.25, -0.2) is 0 Å². The minimum Gasteiger partial charge on any atom is -0.274 e. The van der Waals surface area contributed by atoms with Crippen LogP contribution in [0.2, 0.25) is 10.0 Å². The molecule has 0 bridgehead atoms. The summed E-state index contributed by atoms with van der Waals surface area (Å²) in [4.78, 5) is 0. The molecule has 0 aliphatic carbocycles. The molecule has 4 nitrogen and oxygen atoms in total. The van der Waals surface area contributed by atoms with Crippen LogP contribution in [-0.4, -0.2) is 20.0 Å². The van der Waals surface area contributed by atoms with Crippen molar-refractivity contribution in [3.8, 4) is 10.6 Å². The molecule has 11 heteroatoms. The van der Waals surface area contributed by atoms with Gasteiger partial charge < -0.3 is 0 Å². The lowest BCUT2D eigenvalue weighted by molar-refractivity contribution is -0.140. The van der Waals surface area contributed by atoms with Gasteiger partial charge >= 0.3 is 6.18 Å². The lowest BCUT2D eigenvalue weighted by Crippen LogP contribution is -2.08. The number of aryl methyl sites for hydroxylation is 1. The van der Waals surface area contributed by atoms with Crippen LogP contribution in [0.25, 0.3) is 10.6 Å². The second-order valence-corrected chi connectivity index (χ2v) is 8.00. The molecule has 0 fully saturated rings. The third-order valence-electron chi connectivity index (χ3n) is 3.10. The quantitative estimate of drug-likeness (QED) is 0.514. The van der Waals surface area contributed by atoms with Crippen LogP contribution in [-0.2, 0) is 19.0 Å². The Balaban J connectivity index is 1.79. The Morgan fingerprint density at radius 3 is 2.68 bits per heavy atom. The van der Waals surface area contributed by atoms with E-state index in [1.165, 1.54) is 25.0 Å². The standard InChI is InChI=1S/C14H9Cl2F3N4S2/c1-23-5-9(11(22-23)14(17,18)19)12-20-21-13(25-12)24-6-7-2-3-8(15)4-10(7)16/h2-5H,6H2,1H3. The lowest BCUT2D eigenvalue weighted by atomic mass is 10.2. The second kappa shape index (κ2) is 7.14. The number of benzene rings is 1. The molecule has 3 rings (SSSR count). The molecular formula is C14H9Cl2F3N4S2. The van der Waals surface area contributed by atoms with Crippen LogP contribution in [0.4, 0.5) is 13.2 Å². The van der Waals surface area contributed by atoms with Gasteiger partial charge in [-0.15, -0.1) is 10.2 Å². The van der Waals surface area contributed by atoms with E-state index < -0.39 is 11.9 Å². The summed E-state index contributed by atoms with van der Waals surface area (Å²) in [5.41, 5.74) is -0.197. The van der Waals surface area contributed by atoms with Gasteiger partial charge in [0, 0.05) is 29.0 Å². The van der Waals surface area contributed by atoms with Crippen LogP contribution in [0.15, 0.2) is 28.7 Å². The number of alkyl halides is 3. The number of thioether (sulfide) groups is 1. The molecule has 0 amide bonds. The summed E-state index contributed by atoms with van der Waals surface area (Å²) >= 11 is 14.4. The van der Waals surface area contributed by atoms with E-state index >= 15 is 0 Å². The van der Waals surface area contributed by atoms with Crippen LogP contribution >= 0.6 is 46.3 Å². The largest absolute Gasteiger partial charge is 0.435 e. The summed E-state index contributed by atoms with van der Waals surface area (Å²) in [5.74, 6) is 0.504. The molecule has 3 aromatic rings. The van der Waals surface area contributed by atoms with Crippen molar-refractivity contribution in [2.75, 3.05) is 0 Å². The number of hydrogen-bond acceptors (Lipinski definition) is 5. The monoisotopic (exact) mass is 424 g/mol. The number of aromatic nitrogens is 4. The van der Waals surface area contributed by atoms with Gasteiger partial charge in [0.25, 0.3) is 0 Å². The normalized spacial score (nSPS) is 11.9. The fourth-order valence-corrected chi connectivity index (χ4v) is 4.43. The molecule has 0 spiro atoms. The Kier molecular flexibility index (Phi) is 5.29. The first-order valence-electron chi connectivity index (χ1n) is 6.75. The molecule has 25 heavy (non-hydrogen) atoms. The van der Waals surface area contributed by atoms with Crippen molar-refractivity contribution in [2.24, 2.45) is 7.05 Å². The van der Waals surface area contributed by atoms with Gasteiger partial charge in [-0.2, -0.15) is 18.3 Å². The topological polar surface area (TPSA) is 43.6 Å². The molecule has 2 heterocycles. The van der Waals surface area contributed by atoms with Gasteiger partial charge in [0.15, 0.2) is 15.0 Å². The van der Waals surface area contributed by atoms with E-state index in [9.17, 15) is 13.2 Å². The number of halogens is 5. The van der Waals surface area contributed by atoms with Crippen LogP contribution in [0.1, 0.15) is 11.3 Å². The molecule has 0 N–H and O–H groups in total. The van der Waals surface area contributed by atoms with Gasteiger partial charge in [-0.3, -0.25) is 4.68 Å². The van der Waals surface area contributed by atoms with Crippen LogP contribution < -0.4 is 0 Å². The zero-order valence-electron chi connectivity index (χ0n) is 12.5. The first-order valence-corrected chi connectivity index (χ1v) is 9.31. The Labute approximate surface area is 159 Å². The third kappa shape index (κ3) is 4.28. The van der Waals surface area contributed by atoms with E-state index in [0.717, 1.165) is 21.6 Å². The Morgan fingerprint density at radius 1 is 1.24 bits per heavy atom. The van der Waals surface area contributed by atoms with Gasteiger partial charge in [0.1, 0.15) is 0 Å². The SMILES string of the molecule is Cn1cc(-c2nnc(SCc3ccc(Cl)cc3Cl)s2)c(C(F)(F)F)n1. The fourth-order valence-electron chi connectivity index (χ4n) is 2.01. The Hall–Kier alpha value is -1.29. The maximum atomic E-state index is 13.1. The lowest BCUT2D eigenvalue weighted by Gasteiger charge is -2.03. The average Bonchev–Trinajstić information content (AvgIpc) is 3.12. The van der Waals surface area contributed by atoms with Crippen molar-refractivity contribution in [1.82, 2.24) is 20.0 Å². The van der Waals surface area contributed by atoms with Crippen molar-refractivity contribution in [2.45, 2.75) is 16.3 Å². The molecule has 0 aliphatic heterocycles. The van der Waals surface area contributed by atoms with Crippen molar-refractivity contribution in [1.29, 1.82) is 0 Å². The van der Waals surface area contributed by atoms with E-state index in [1.807, 2.05) is 0 Å².